The molecule has 1 aromatic carbocycles. The normalized spacial score (nSPS) is 12.5. The van der Waals surface area contributed by atoms with Gasteiger partial charge in [-0.3, -0.25) is 9.48 Å². The number of fused-ring (bicyclic) bond motifs is 1. The Bertz CT molecular complexity index is 765. The van der Waals surface area contributed by atoms with Crippen molar-refractivity contribution in [3.63, 3.8) is 0 Å². The highest BCUT2D eigenvalue weighted by atomic mass is 16.6. The quantitative estimate of drug-likeness (QED) is 0.720. The van der Waals surface area contributed by atoms with Gasteiger partial charge in [0.05, 0.1) is 0 Å². The molecule has 0 aliphatic rings. The molecule has 22 heavy (non-hydrogen) atoms. The molecule has 3 rings (SSSR count). The van der Waals surface area contributed by atoms with Crippen LogP contribution in [0, 0.1) is 0 Å². The lowest BCUT2D eigenvalue weighted by atomic mass is 10.1. The van der Waals surface area contributed by atoms with Crippen LogP contribution in [-0.2, 0) is 11.3 Å². The molecule has 0 fully saturated rings. The van der Waals surface area contributed by atoms with Crippen LogP contribution in [0.3, 0.4) is 0 Å². The summed E-state index contributed by atoms with van der Waals surface area (Å²) in [6, 6.07) is 7.18. The van der Waals surface area contributed by atoms with Gasteiger partial charge in [0.25, 0.3) is 0 Å². The van der Waals surface area contributed by atoms with Crippen molar-refractivity contribution >= 4 is 16.9 Å². The Hall–Kier alpha value is -2.70. The monoisotopic (exact) mass is 299 g/mol. The lowest BCUT2D eigenvalue weighted by molar-refractivity contribution is -0.134. The zero-order chi connectivity index (χ0) is 15.5. The number of hydrogen-bond acceptors (Lipinski definition) is 5. The minimum absolute atomic E-state index is 0.0320. The van der Waals surface area contributed by atoms with E-state index in [2.05, 4.69) is 20.0 Å². The van der Waals surface area contributed by atoms with E-state index in [4.69, 9.17) is 0 Å². The van der Waals surface area contributed by atoms with E-state index in [0.717, 1.165) is 5.56 Å². The Balaban J connectivity index is 1.75. The van der Waals surface area contributed by atoms with Gasteiger partial charge in [-0.25, -0.2) is 4.63 Å². The summed E-state index contributed by atoms with van der Waals surface area (Å²) in [5.74, 6) is 0.0320. The Morgan fingerprint density at radius 3 is 2.91 bits per heavy atom. The summed E-state index contributed by atoms with van der Waals surface area (Å²) >= 11 is 0. The van der Waals surface area contributed by atoms with E-state index >= 15 is 0 Å². The van der Waals surface area contributed by atoms with Crippen LogP contribution < -0.4 is 0 Å². The predicted molar refractivity (Wildman–Crippen MR) is 79.8 cm³/mol. The topological polar surface area (TPSA) is 77.0 Å². The van der Waals surface area contributed by atoms with Gasteiger partial charge in [0.1, 0.15) is 17.1 Å². The van der Waals surface area contributed by atoms with E-state index in [1.54, 1.807) is 22.8 Å². The van der Waals surface area contributed by atoms with Crippen LogP contribution in [-0.4, -0.2) is 37.9 Å². The van der Waals surface area contributed by atoms with Gasteiger partial charge in [0.2, 0.25) is 5.91 Å². The zero-order valence-electron chi connectivity index (χ0n) is 12.5. The first-order chi connectivity index (χ1) is 10.7. The number of amides is 1. The average molecular weight is 299 g/mol. The van der Waals surface area contributed by atoms with E-state index in [0.29, 0.717) is 24.0 Å². The highest BCUT2D eigenvalue weighted by Gasteiger charge is 2.22. The van der Waals surface area contributed by atoms with Gasteiger partial charge in [0, 0.05) is 26.0 Å². The first-order valence-electron chi connectivity index (χ1n) is 7.14. The number of hydrogen-bond donors (Lipinski definition) is 0. The Kier molecular flexibility index (Phi) is 3.86. The Labute approximate surface area is 127 Å². The molecule has 2 heterocycles. The second-order valence-electron chi connectivity index (χ2n) is 5.19. The van der Waals surface area contributed by atoms with Crippen LogP contribution >= 0.6 is 0 Å². The predicted octanol–water partition coefficient (Wildman–Crippen LogP) is 2.03. The second-order valence-corrected chi connectivity index (χ2v) is 5.19. The van der Waals surface area contributed by atoms with E-state index in [-0.39, 0.29) is 11.9 Å². The third-order valence-electron chi connectivity index (χ3n) is 3.63. The van der Waals surface area contributed by atoms with Crippen molar-refractivity contribution < 1.29 is 9.42 Å². The molecule has 114 valence electrons. The van der Waals surface area contributed by atoms with Gasteiger partial charge in [-0.1, -0.05) is 13.0 Å². The van der Waals surface area contributed by atoms with Crippen molar-refractivity contribution in [2.45, 2.75) is 25.9 Å². The number of benzene rings is 1. The summed E-state index contributed by atoms with van der Waals surface area (Å²) in [5.41, 5.74) is 2.38. The summed E-state index contributed by atoms with van der Waals surface area (Å²) in [5, 5.41) is 11.8. The second kappa shape index (κ2) is 5.97. The summed E-state index contributed by atoms with van der Waals surface area (Å²) in [6.07, 6.45) is 4.19. The highest BCUT2D eigenvalue weighted by Crippen LogP contribution is 2.17. The molecule has 0 radical (unpaired) electrons. The van der Waals surface area contributed by atoms with Crippen molar-refractivity contribution in [3.8, 4) is 0 Å². The SMILES string of the molecule is CC[C@H](C(=O)N(C)Cc1ccc2nonc2c1)n1cccn1. The summed E-state index contributed by atoms with van der Waals surface area (Å²) in [6.45, 7) is 2.48. The number of carbonyl (C=O) groups is 1. The molecule has 0 unspecified atom stereocenters. The molecule has 0 saturated carbocycles. The molecule has 7 nitrogen and oxygen atoms in total. The molecule has 0 bridgehead atoms. The van der Waals surface area contributed by atoms with Crippen molar-refractivity contribution in [2.24, 2.45) is 0 Å². The highest BCUT2D eigenvalue weighted by molar-refractivity contribution is 5.80. The number of rotatable bonds is 5. The largest absolute Gasteiger partial charge is 0.340 e. The van der Waals surface area contributed by atoms with Gasteiger partial charge in [0.15, 0.2) is 0 Å². The molecule has 1 atom stereocenters. The summed E-state index contributed by atoms with van der Waals surface area (Å²) in [4.78, 5) is 14.3. The third-order valence-corrected chi connectivity index (χ3v) is 3.63. The lowest BCUT2D eigenvalue weighted by Gasteiger charge is -2.23. The lowest BCUT2D eigenvalue weighted by Crippen LogP contribution is -2.34. The average Bonchev–Trinajstić information content (AvgIpc) is 3.18. The Morgan fingerprint density at radius 1 is 1.36 bits per heavy atom. The molecule has 0 spiro atoms. The van der Waals surface area contributed by atoms with Crippen LogP contribution in [0.15, 0.2) is 41.3 Å². The minimum atomic E-state index is -0.280. The molecular formula is C15H17N5O2. The van der Waals surface area contributed by atoms with Gasteiger partial charge in [-0.2, -0.15) is 5.10 Å². The molecule has 0 aliphatic carbocycles. The molecule has 0 N–H and O–H groups in total. The van der Waals surface area contributed by atoms with Crippen LogP contribution in [0.4, 0.5) is 0 Å². The van der Waals surface area contributed by atoms with E-state index in [9.17, 15) is 4.79 Å². The molecule has 1 amide bonds. The summed E-state index contributed by atoms with van der Waals surface area (Å²) in [7, 11) is 1.79. The number of likely N-dealkylation sites (N-methyl/N-ethyl adjacent to an activating group) is 1. The Morgan fingerprint density at radius 2 is 2.18 bits per heavy atom. The molecule has 7 heteroatoms. The van der Waals surface area contributed by atoms with Crippen LogP contribution in [0.25, 0.3) is 11.0 Å². The van der Waals surface area contributed by atoms with E-state index in [1.807, 2.05) is 37.4 Å². The fourth-order valence-corrected chi connectivity index (χ4v) is 2.47. The molecule has 3 aromatic rings. The van der Waals surface area contributed by atoms with Gasteiger partial charge in [-0.15, -0.1) is 0 Å². The zero-order valence-corrected chi connectivity index (χ0v) is 12.5. The van der Waals surface area contributed by atoms with Crippen molar-refractivity contribution in [3.05, 3.63) is 42.2 Å². The van der Waals surface area contributed by atoms with Gasteiger partial charge in [-0.05, 0) is 40.5 Å². The smallest absolute Gasteiger partial charge is 0.247 e. The van der Waals surface area contributed by atoms with E-state index < -0.39 is 0 Å². The van der Waals surface area contributed by atoms with Crippen molar-refractivity contribution in [1.29, 1.82) is 0 Å². The summed E-state index contributed by atoms with van der Waals surface area (Å²) < 4.78 is 6.38. The maximum absolute atomic E-state index is 12.6. The first kappa shape index (κ1) is 14.2. The number of nitrogens with zero attached hydrogens (tertiary/aromatic N) is 5. The van der Waals surface area contributed by atoms with Crippen LogP contribution in [0.1, 0.15) is 24.9 Å². The molecule has 2 aromatic heterocycles. The van der Waals surface area contributed by atoms with Crippen LogP contribution in [0.2, 0.25) is 0 Å². The van der Waals surface area contributed by atoms with Gasteiger partial charge >= 0.3 is 0 Å². The maximum Gasteiger partial charge on any atom is 0.247 e. The number of aromatic nitrogens is 4. The van der Waals surface area contributed by atoms with Gasteiger partial charge < -0.3 is 4.90 Å². The molecule has 0 saturated heterocycles. The standard InChI is InChI=1S/C15H17N5O2/c1-3-14(20-8-4-7-16-20)15(21)19(2)10-11-5-6-12-13(9-11)18-22-17-12/h4-9,14H,3,10H2,1-2H3/t14-/m1/s1. The molecular weight excluding hydrogens is 282 g/mol. The molecule has 0 aliphatic heterocycles. The van der Waals surface area contributed by atoms with E-state index in [1.165, 1.54) is 0 Å². The number of carbonyl (C=O) groups excluding carboxylic acids is 1. The first-order valence-corrected chi connectivity index (χ1v) is 7.14. The third kappa shape index (κ3) is 2.69. The van der Waals surface area contributed by atoms with Crippen LogP contribution in [0.5, 0.6) is 0 Å². The maximum atomic E-state index is 12.6. The minimum Gasteiger partial charge on any atom is -0.340 e. The fraction of sp³-hybridized carbons (Fsp3) is 0.333. The van der Waals surface area contributed by atoms with Crippen molar-refractivity contribution in [1.82, 2.24) is 25.0 Å². The van der Waals surface area contributed by atoms with Crippen molar-refractivity contribution in [2.75, 3.05) is 7.05 Å². The fourth-order valence-electron chi connectivity index (χ4n) is 2.47.